The molecule has 0 atom stereocenters. The smallest absolute Gasteiger partial charge is 0.330 e. The van der Waals surface area contributed by atoms with Crippen LogP contribution in [0.3, 0.4) is 0 Å². The van der Waals surface area contributed by atoms with Crippen LogP contribution in [-0.2, 0) is 29.6 Å². The van der Waals surface area contributed by atoms with Crippen molar-refractivity contribution < 1.29 is 55.7 Å². The summed E-state index contributed by atoms with van der Waals surface area (Å²) in [5.41, 5.74) is -1.04. The number of Topliss-reactive ketones (excluding diaryl/α,β-unsaturated/α-hetero) is 1. The highest BCUT2D eigenvalue weighted by Crippen LogP contribution is 2.48. The van der Waals surface area contributed by atoms with Gasteiger partial charge in [0.2, 0.25) is 0 Å². The predicted molar refractivity (Wildman–Crippen MR) is 177 cm³/mol. The standard InChI is InChI=1S/C32H37F2O10PS2/c1-32(2,31(36)40-5)17-21(35)26-14-20-25(47-26)16-23(39-4)30(28(20)34)44-11-8-10-43-29-22(38-3)15-24-19(27(29)33)13-18(46-24)9-12-45(37,41-6)42-7/h13-16H,8-12,17H2,1-7H3. The molecular weight excluding hydrogens is 677 g/mol. The molecular formula is C32H37F2O10PS2. The molecule has 2 aromatic carbocycles. The summed E-state index contributed by atoms with van der Waals surface area (Å²) in [6, 6.07) is 6.38. The summed E-state index contributed by atoms with van der Waals surface area (Å²) < 4.78 is 81.8. The second-order valence-electron chi connectivity index (χ2n) is 11.1. The summed E-state index contributed by atoms with van der Waals surface area (Å²) in [7, 11) is 3.48. The fraction of sp³-hybridized carbons (Fsp3) is 0.438. The molecule has 0 aliphatic rings. The van der Waals surface area contributed by atoms with Gasteiger partial charge < -0.3 is 32.7 Å². The lowest BCUT2D eigenvalue weighted by Gasteiger charge is -2.19. The molecule has 47 heavy (non-hydrogen) atoms. The number of carbonyl (C=O) groups excluding carboxylic acids is 2. The first kappa shape index (κ1) is 36.5. The van der Waals surface area contributed by atoms with Crippen molar-refractivity contribution in [3.63, 3.8) is 0 Å². The van der Waals surface area contributed by atoms with E-state index in [9.17, 15) is 14.2 Å². The summed E-state index contributed by atoms with van der Waals surface area (Å²) in [4.78, 5) is 26.1. The van der Waals surface area contributed by atoms with E-state index in [0.29, 0.717) is 26.1 Å². The van der Waals surface area contributed by atoms with Crippen molar-refractivity contribution in [2.75, 3.05) is 54.9 Å². The van der Waals surface area contributed by atoms with Gasteiger partial charge in [-0.15, -0.1) is 22.7 Å². The first-order valence-electron chi connectivity index (χ1n) is 14.5. The van der Waals surface area contributed by atoms with Gasteiger partial charge in [-0.2, -0.15) is 0 Å². The number of rotatable bonds is 17. The number of carbonyl (C=O) groups is 2. The van der Waals surface area contributed by atoms with Crippen molar-refractivity contribution in [1.82, 2.24) is 0 Å². The van der Waals surface area contributed by atoms with Gasteiger partial charge in [0, 0.05) is 64.2 Å². The van der Waals surface area contributed by atoms with Crippen LogP contribution in [0, 0.1) is 17.0 Å². The van der Waals surface area contributed by atoms with Gasteiger partial charge in [0.1, 0.15) is 0 Å². The van der Waals surface area contributed by atoms with Crippen LogP contribution in [0.15, 0.2) is 24.3 Å². The number of ether oxygens (including phenoxy) is 5. The summed E-state index contributed by atoms with van der Waals surface area (Å²) >= 11 is 2.43. The van der Waals surface area contributed by atoms with Crippen LogP contribution in [0.5, 0.6) is 23.0 Å². The van der Waals surface area contributed by atoms with E-state index in [1.54, 1.807) is 32.0 Å². The Morgan fingerprint density at radius 2 is 1.34 bits per heavy atom. The lowest BCUT2D eigenvalue weighted by atomic mass is 9.87. The molecule has 0 aliphatic carbocycles. The third-order valence-electron chi connectivity index (χ3n) is 7.44. The topological polar surface area (TPSA) is 116 Å². The average Bonchev–Trinajstić information content (AvgIpc) is 3.69. The molecule has 2 aromatic heterocycles. The Bertz CT molecular complexity index is 1810. The Kier molecular flexibility index (Phi) is 11.9. The molecule has 0 aliphatic heterocycles. The molecule has 2 heterocycles. The molecule has 0 radical (unpaired) electrons. The number of ketones is 1. The van der Waals surface area contributed by atoms with Crippen LogP contribution in [0.4, 0.5) is 8.78 Å². The van der Waals surface area contributed by atoms with Crippen LogP contribution in [0.25, 0.3) is 20.2 Å². The van der Waals surface area contributed by atoms with Crippen LogP contribution in [0.2, 0.25) is 0 Å². The average molecular weight is 715 g/mol. The number of benzene rings is 2. The molecule has 0 saturated carbocycles. The number of fused-ring (bicyclic) bond motifs is 2. The molecule has 4 aromatic rings. The zero-order valence-corrected chi connectivity index (χ0v) is 29.7. The van der Waals surface area contributed by atoms with Crippen molar-refractivity contribution in [1.29, 1.82) is 0 Å². The molecule has 0 N–H and O–H groups in total. The maximum absolute atomic E-state index is 15.6. The first-order chi connectivity index (χ1) is 22.3. The van der Waals surface area contributed by atoms with Crippen LogP contribution in [0.1, 0.15) is 41.2 Å². The van der Waals surface area contributed by atoms with E-state index in [1.807, 2.05) is 0 Å². The van der Waals surface area contributed by atoms with E-state index >= 15 is 8.78 Å². The van der Waals surface area contributed by atoms with E-state index in [2.05, 4.69) is 0 Å². The molecule has 0 fully saturated rings. The van der Waals surface area contributed by atoms with Crippen molar-refractivity contribution in [3.05, 3.63) is 45.7 Å². The molecule has 0 saturated heterocycles. The SMILES string of the molecule is COC(=O)C(C)(C)CC(=O)c1cc2c(F)c(OCCCOc3c(OC)cc4sc(CCP(=O)(OC)OC)cc4c3F)c(OC)cc2s1. The maximum atomic E-state index is 15.6. The van der Waals surface area contributed by atoms with Crippen LogP contribution < -0.4 is 18.9 Å². The largest absolute Gasteiger partial charge is 0.493 e. The molecule has 0 spiro atoms. The Morgan fingerprint density at radius 1 is 0.809 bits per heavy atom. The predicted octanol–water partition coefficient (Wildman–Crippen LogP) is 8.06. The molecule has 256 valence electrons. The number of hydrogen-bond acceptors (Lipinski definition) is 12. The Morgan fingerprint density at radius 3 is 1.85 bits per heavy atom. The van der Waals surface area contributed by atoms with E-state index < -0.39 is 30.6 Å². The molecule has 0 amide bonds. The highest BCUT2D eigenvalue weighted by Gasteiger charge is 2.33. The molecule has 15 heteroatoms. The highest BCUT2D eigenvalue weighted by molar-refractivity contribution is 7.53. The van der Waals surface area contributed by atoms with E-state index in [-0.39, 0.29) is 66.4 Å². The molecule has 4 rings (SSSR count). The zero-order valence-electron chi connectivity index (χ0n) is 27.2. The van der Waals surface area contributed by atoms with E-state index in [4.69, 9.17) is 32.7 Å². The Balaban J connectivity index is 1.43. The van der Waals surface area contributed by atoms with Gasteiger partial charge in [0.05, 0.1) is 51.0 Å². The van der Waals surface area contributed by atoms with Gasteiger partial charge >= 0.3 is 13.6 Å². The highest BCUT2D eigenvalue weighted by atomic mass is 32.1. The van der Waals surface area contributed by atoms with E-state index in [1.165, 1.54) is 53.0 Å². The summed E-state index contributed by atoms with van der Waals surface area (Å²) in [6.07, 6.45) is 0.673. The number of halogens is 2. The molecule has 0 bridgehead atoms. The fourth-order valence-corrected chi connectivity index (χ4v) is 8.12. The Hall–Kier alpha value is -3.29. The van der Waals surface area contributed by atoms with Gasteiger partial charge in [-0.1, -0.05) is 0 Å². The van der Waals surface area contributed by atoms with Gasteiger partial charge in [0.15, 0.2) is 40.4 Å². The Labute approximate surface area is 279 Å². The minimum Gasteiger partial charge on any atom is -0.493 e. The minimum atomic E-state index is -3.21. The third kappa shape index (κ3) is 8.06. The van der Waals surface area contributed by atoms with Crippen LogP contribution >= 0.6 is 30.3 Å². The van der Waals surface area contributed by atoms with Gasteiger partial charge in [-0.25, -0.2) is 8.78 Å². The number of methoxy groups -OCH3 is 3. The number of thiophene rings is 2. The van der Waals surface area contributed by atoms with Gasteiger partial charge in [-0.3, -0.25) is 14.2 Å². The fourth-order valence-electron chi connectivity index (χ4n) is 4.83. The summed E-state index contributed by atoms with van der Waals surface area (Å²) in [5, 5.41) is 0.521. The van der Waals surface area contributed by atoms with Crippen molar-refractivity contribution in [3.8, 4) is 23.0 Å². The third-order valence-corrected chi connectivity index (χ3v) is 11.6. The van der Waals surface area contributed by atoms with E-state index in [0.717, 1.165) is 16.2 Å². The lowest BCUT2D eigenvalue weighted by molar-refractivity contribution is -0.150. The quantitative estimate of drug-likeness (QED) is 0.0460. The summed E-state index contributed by atoms with van der Waals surface area (Å²) in [6.45, 7) is 3.26. The second-order valence-corrected chi connectivity index (χ2v) is 15.7. The first-order valence-corrected chi connectivity index (χ1v) is 17.8. The minimum absolute atomic E-state index is 0.00979. The zero-order chi connectivity index (χ0) is 34.5. The molecule has 0 unspecified atom stereocenters. The van der Waals surface area contributed by atoms with Gasteiger partial charge in [-0.05, 0) is 32.4 Å². The lowest BCUT2D eigenvalue weighted by Crippen LogP contribution is -2.28. The van der Waals surface area contributed by atoms with Crippen molar-refractivity contribution in [2.45, 2.75) is 33.1 Å². The summed E-state index contributed by atoms with van der Waals surface area (Å²) in [5.74, 6) is -1.97. The maximum Gasteiger partial charge on any atom is 0.330 e. The van der Waals surface area contributed by atoms with Crippen LogP contribution in [-0.4, -0.2) is 66.7 Å². The number of hydrogen-bond donors (Lipinski definition) is 0. The normalized spacial score (nSPS) is 12.0. The van der Waals surface area contributed by atoms with Crippen molar-refractivity contribution in [2.24, 2.45) is 5.41 Å². The second kappa shape index (κ2) is 15.3. The van der Waals surface area contributed by atoms with Crippen molar-refractivity contribution >= 4 is 62.2 Å². The monoisotopic (exact) mass is 714 g/mol. The number of esters is 1. The number of aryl methyl sites for hydroxylation is 1. The molecule has 10 nitrogen and oxygen atoms in total. The van der Waals surface area contributed by atoms with Gasteiger partial charge in [0.25, 0.3) is 0 Å².